The number of rotatable bonds is 8. The lowest BCUT2D eigenvalue weighted by Gasteiger charge is -2.27. The molecule has 1 unspecified atom stereocenters. The van der Waals surface area contributed by atoms with Crippen molar-refractivity contribution in [2.24, 2.45) is 5.92 Å². The minimum Gasteiger partial charge on any atom is -0.381 e. The van der Waals surface area contributed by atoms with Crippen LogP contribution in [0.15, 0.2) is 0 Å². The average Bonchev–Trinajstić information content (AvgIpc) is 2.30. The van der Waals surface area contributed by atoms with Crippen LogP contribution in [0.3, 0.4) is 0 Å². The smallest absolute Gasteiger partial charge is 0.0506 e. The summed E-state index contributed by atoms with van der Waals surface area (Å²) in [5, 5.41) is 3.19. The summed E-state index contributed by atoms with van der Waals surface area (Å²) in [6, 6.07) is 0. The lowest BCUT2D eigenvalue weighted by Crippen LogP contribution is -2.31. The van der Waals surface area contributed by atoms with Crippen LogP contribution in [0.25, 0.3) is 0 Å². The number of nitrogens with zero attached hydrogens (tertiary/aromatic N) is 1. The molecule has 96 valence electrons. The standard InChI is InChI=1S/C13H28N2O/c1-14-8-4-3-5-9-15(2)11-13-7-6-10-16-12-13/h13-14H,3-12H2,1-2H3. The maximum Gasteiger partial charge on any atom is 0.0506 e. The van der Waals surface area contributed by atoms with E-state index in [2.05, 4.69) is 17.3 Å². The van der Waals surface area contributed by atoms with Crippen LogP contribution in [0.2, 0.25) is 0 Å². The summed E-state index contributed by atoms with van der Waals surface area (Å²) in [5.41, 5.74) is 0. The molecule has 0 amide bonds. The van der Waals surface area contributed by atoms with E-state index in [9.17, 15) is 0 Å². The number of unbranched alkanes of at least 4 members (excludes halogenated alkanes) is 2. The van der Waals surface area contributed by atoms with E-state index >= 15 is 0 Å². The first-order valence-corrected chi connectivity index (χ1v) is 6.74. The summed E-state index contributed by atoms with van der Waals surface area (Å²) >= 11 is 0. The Hall–Kier alpha value is -0.120. The molecule has 1 aliphatic heterocycles. The minimum absolute atomic E-state index is 0.774. The molecule has 0 bridgehead atoms. The molecule has 0 aromatic carbocycles. The molecule has 1 aliphatic rings. The van der Waals surface area contributed by atoms with Gasteiger partial charge in [0.05, 0.1) is 6.61 Å². The summed E-state index contributed by atoms with van der Waals surface area (Å²) in [6.07, 6.45) is 6.57. The van der Waals surface area contributed by atoms with Gasteiger partial charge in [-0.15, -0.1) is 0 Å². The van der Waals surface area contributed by atoms with Gasteiger partial charge in [0.1, 0.15) is 0 Å². The van der Waals surface area contributed by atoms with Gasteiger partial charge in [-0.3, -0.25) is 0 Å². The van der Waals surface area contributed by atoms with Gasteiger partial charge in [-0.05, 0) is 58.8 Å². The first kappa shape index (κ1) is 13.9. The minimum atomic E-state index is 0.774. The van der Waals surface area contributed by atoms with E-state index in [1.807, 2.05) is 7.05 Å². The SMILES string of the molecule is CNCCCCCN(C)CC1CCCOC1. The zero-order valence-corrected chi connectivity index (χ0v) is 11.0. The lowest BCUT2D eigenvalue weighted by molar-refractivity contribution is 0.0419. The van der Waals surface area contributed by atoms with E-state index < -0.39 is 0 Å². The normalized spacial score (nSPS) is 21.6. The molecule has 0 aliphatic carbocycles. The number of hydrogen-bond donors (Lipinski definition) is 1. The van der Waals surface area contributed by atoms with E-state index in [-0.39, 0.29) is 0 Å². The van der Waals surface area contributed by atoms with Crippen LogP contribution in [0.5, 0.6) is 0 Å². The second kappa shape index (κ2) is 8.97. The van der Waals surface area contributed by atoms with Gasteiger partial charge < -0.3 is 15.0 Å². The second-order valence-corrected chi connectivity index (χ2v) is 5.01. The molecule has 1 atom stereocenters. The molecular weight excluding hydrogens is 200 g/mol. The lowest BCUT2D eigenvalue weighted by atomic mass is 10.0. The number of ether oxygens (including phenoxy) is 1. The highest BCUT2D eigenvalue weighted by Crippen LogP contribution is 2.14. The topological polar surface area (TPSA) is 24.5 Å². The van der Waals surface area contributed by atoms with Gasteiger partial charge in [-0.25, -0.2) is 0 Å². The van der Waals surface area contributed by atoms with Crippen molar-refractivity contribution < 1.29 is 4.74 Å². The third-order valence-corrected chi connectivity index (χ3v) is 3.29. The van der Waals surface area contributed by atoms with Crippen LogP contribution in [0.4, 0.5) is 0 Å². The Morgan fingerprint density at radius 3 is 2.88 bits per heavy atom. The fourth-order valence-corrected chi connectivity index (χ4v) is 2.34. The highest BCUT2D eigenvalue weighted by Gasteiger charge is 2.15. The predicted octanol–water partition coefficient (Wildman–Crippen LogP) is 1.73. The maximum absolute atomic E-state index is 5.51. The average molecular weight is 228 g/mol. The van der Waals surface area contributed by atoms with Crippen molar-refractivity contribution >= 4 is 0 Å². The fraction of sp³-hybridized carbons (Fsp3) is 1.00. The molecule has 1 N–H and O–H groups in total. The van der Waals surface area contributed by atoms with Crippen LogP contribution in [0, 0.1) is 5.92 Å². The van der Waals surface area contributed by atoms with E-state index in [0.29, 0.717) is 0 Å². The van der Waals surface area contributed by atoms with Crippen molar-refractivity contribution in [3.63, 3.8) is 0 Å². The molecule has 0 aromatic heterocycles. The Kier molecular flexibility index (Phi) is 7.81. The van der Waals surface area contributed by atoms with Crippen LogP contribution >= 0.6 is 0 Å². The molecule has 1 rings (SSSR count). The van der Waals surface area contributed by atoms with E-state index in [1.165, 1.54) is 45.2 Å². The summed E-state index contributed by atoms with van der Waals surface area (Å²) < 4.78 is 5.51. The summed E-state index contributed by atoms with van der Waals surface area (Å²) in [5.74, 6) is 0.774. The quantitative estimate of drug-likeness (QED) is 0.640. The number of hydrogen-bond acceptors (Lipinski definition) is 3. The molecule has 0 spiro atoms. The first-order chi connectivity index (χ1) is 7.83. The highest BCUT2D eigenvalue weighted by atomic mass is 16.5. The molecule has 1 heterocycles. The third-order valence-electron chi connectivity index (χ3n) is 3.29. The van der Waals surface area contributed by atoms with Crippen molar-refractivity contribution in [2.75, 3.05) is 46.9 Å². The largest absolute Gasteiger partial charge is 0.381 e. The molecule has 16 heavy (non-hydrogen) atoms. The maximum atomic E-state index is 5.51. The van der Waals surface area contributed by atoms with Crippen LogP contribution in [-0.4, -0.2) is 51.8 Å². The molecule has 1 saturated heterocycles. The van der Waals surface area contributed by atoms with Crippen LogP contribution in [-0.2, 0) is 4.74 Å². The van der Waals surface area contributed by atoms with Gasteiger partial charge in [-0.2, -0.15) is 0 Å². The Bertz CT molecular complexity index is 158. The third kappa shape index (κ3) is 6.46. The van der Waals surface area contributed by atoms with Crippen LogP contribution in [0.1, 0.15) is 32.1 Å². The molecular formula is C13H28N2O. The summed E-state index contributed by atoms with van der Waals surface area (Å²) in [4.78, 5) is 2.47. The zero-order chi connectivity index (χ0) is 11.6. The van der Waals surface area contributed by atoms with Gasteiger partial charge in [0, 0.05) is 13.2 Å². The molecule has 3 nitrogen and oxygen atoms in total. The van der Waals surface area contributed by atoms with Gasteiger partial charge >= 0.3 is 0 Å². The van der Waals surface area contributed by atoms with Gasteiger partial charge in [0.15, 0.2) is 0 Å². The van der Waals surface area contributed by atoms with Gasteiger partial charge in [0.25, 0.3) is 0 Å². The molecule has 1 fully saturated rings. The second-order valence-electron chi connectivity index (χ2n) is 5.01. The highest BCUT2D eigenvalue weighted by molar-refractivity contribution is 4.67. The van der Waals surface area contributed by atoms with Crippen molar-refractivity contribution in [3.05, 3.63) is 0 Å². The van der Waals surface area contributed by atoms with E-state index in [1.54, 1.807) is 0 Å². The number of nitrogens with one attached hydrogen (secondary N) is 1. The van der Waals surface area contributed by atoms with Gasteiger partial charge in [-0.1, -0.05) is 6.42 Å². The molecule has 0 radical (unpaired) electrons. The molecule has 3 heteroatoms. The Labute approximate surface area is 101 Å². The van der Waals surface area contributed by atoms with Crippen molar-refractivity contribution in [1.29, 1.82) is 0 Å². The summed E-state index contributed by atoms with van der Waals surface area (Å²) in [7, 11) is 4.27. The first-order valence-electron chi connectivity index (χ1n) is 6.74. The monoisotopic (exact) mass is 228 g/mol. The van der Waals surface area contributed by atoms with Crippen molar-refractivity contribution in [1.82, 2.24) is 10.2 Å². The van der Waals surface area contributed by atoms with Gasteiger partial charge in [0.2, 0.25) is 0 Å². The van der Waals surface area contributed by atoms with Crippen molar-refractivity contribution in [3.8, 4) is 0 Å². The summed E-state index contributed by atoms with van der Waals surface area (Å²) in [6.45, 7) is 5.56. The predicted molar refractivity (Wildman–Crippen MR) is 68.8 cm³/mol. The van der Waals surface area contributed by atoms with Crippen LogP contribution < -0.4 is 5.32 Å². The van der Waals surface area contributed by atoms with E-state index in [0.717, 1.165) is 25.7 Å². The Morgan fingerprint density at radius 1 is 1.31 bits per heavy atom. The van der Waals surface area contributed by atoms with Crippen molar-refractivity contribution in [2.45, 2.75) is 32.1 Å². The molecule has 0 saturated carbocycles. The Morgan fingerprint density at radius 2 is 2.19 bits per heavy atom. The Balaban J connectivity index is 1.95. The zero-order valence-electron chi connectivity index (χ0n) is 11.0. The van der Waals surface area contributed by atoms with E-state index in [4.69, 9.17) is 4.74 Å². The fourth-order valence-electron chi connectivity index (χ4n) is 2.34. The molecule has 0 aromatic rings.